The van der Waals surface area contributed by atoms with Crippen molar-refractivity contribution >= 4 is 0 Å². The fraction of sp³-hybridized carbons (Fsp3) is 1.00. The highest BCUT2D eigenvalue weighted by Gasteiger charge is 2.30. The molecule has 0 aliphatic carbocycles. The van der Waals surface area contributed by atoms with Gasteiger partial charge in [-0.2, -0.15) is 0 Å². The number of rotatable bonds is 1. The minimum atomic E-state index is -0.333. The maximum atomic E-state index is 5.48. The Morgan fingerprint density at radius 2 is 2.22 bits per heavy atom. The van der Waals surface area contributed by atoms with Gasteiger partial charge in [-0.15, -0.1) is 0 Å². The molecule has 0 unspecified atom stereocenters. The Labute approximate surface area is 56.2 Å². The van der Waals surface area contributed by atoms with Gasteiger partial charge in [-0.25, -0.2) is 0 Å². The predicted molar refractivity (Wildman–Crippen MR) is 35.2 cm³/mol. The molecule has 0 spiro atoms. The molecule has 1 fully saturated rings. The van der Waals surface area contributed by atoms with E-state index in [2.05, 4.69) is 6.92 Å². The van der Waals surface area contributed by atoms with Crippen LogP contribution in [0.25, 0.3) is 0 Å². The summed E-state index contributed by atoms with van der Waals surface area (Å²) >= 11 is 0. The van der Waals surface area contributed by atoms with Crippen molar-refractivity contribution in [2.75, 3.05) is 6.61 Å². The van der Waals surface area contributed by atoms with E-state index in [0.29, 0.717) is 6.10 Å². The summed E-state index contributed by atoms with van der Waals surface area (Å²) in [4.78, 5) is 0. The van der Waals surface area contributed by atoms with Crippen LogP contribution in [0.3, 0.4) is 0 Å². The Morgan fingerprint density at radius 1 is 1.56 bits per heavy atom. The molecule has 1 aliphatic heterocycles. The molecule has 2 nitrogen and oxygen atoms in total. The van der Waals surface area contributed by atoms with E-state index in [-0.39, 0.29) is 5.79 Å². The lowest BCUT2D eigenvalue weighted by molar-refractivity contribution is -0.138. The zero-order valence-electron chi connectivity index (χ0n) is 6.31. The molecule has 1 aliphatic rings. The molecule has 0 aromatic carbocycles. The summed E-state index contributed by atoms with van der Waals surface area (Å²) < 4.78 is 10.8. The monoisotopic (exact) mass is 130 g/mol. The molecule has 54 valence electrons. The Balaban J connectivity index is 2.38. The van der Waals surface area contributed by atoms with Crippen LogP contribution in [0.1, 0.15) is 27.2 Å². The van der Waals surface area contributed by atoms with Gasteiger partial charge in [0, 0.05) is 0 Å². The Kier molecular flexibility index (Phi) is 1.78. The highest BCUT2D eigenvalue weighted by molar-refractivity contribution is 4.68. The third-order valence-corrected chi connectivity index (χ3v) is 1.52. The molecular weight excluding hydrogens is 116 g/mol. The summed E-state index contributed by atoms with van der Waals surface area (Å²) in [6, 6.07) is 0. The average Bonchev–Trinajstić information content (AvgIpc) is 2.10. The first-order chi connectivity index (χ1) is 4.14. The minimum Gasteiger partial charge on any atom is -0.348 e. The van der Waals surface area contributed by atoms with Gasteiger partial charge in [0.05, 0.1) is 12.7 Å². The number of hydrogen-bond donors (Lipinski definition) is 0. The first-order valence-corrected chi connectivity index (χ1v) is 3.46. The molecule has 2 heteroatoms. The van der Waals surface area contributed by atoms with E-state index in [1.807, 2.05) is 13.8 Å². The van der Waals surface area contributed by atoms with Gasteiger partial charge >= 0.3 is 0 Å². The van der Waals surface area contributed by atoms with Crippen LogP contribution in [-0.4, -0.2) is 18.5 Å². The lowest BCUT2D eigenvalue weighted by atomic mass is 10.3. The maximum Gasteiger partial charge on any atom is 0.163 e. The zero-order chi connectivity index (χ0) is 6.91. The number of ether oxygens (including phenoxy) is 2. The van der Waals surface area contributed by atoms with Crippen molar-refractivity contribution in [3.63, 3.8) is 0 Å². The first kappa shape index (κ1) is 7.03. The normalized spacial score (nSPS) is 33.0. The second kappa shape index (κ2) is 2.27. The third-order valence-electron chi connectivity index (χ3n) is 1.52. The zero-order valence-corrected chi connectivity index (χ0v) is 6.31. The summed E-state index contributed by atoms with van der Waals surface area (Å²) in [5.41, 5.74) is 0. The van der Waals surface area contributed by atoms with E-state index in [1.54, 1.807) is 0 Å². The van der Waals surface area contributed by atoms with Crippen molar-refractivity contribution in [3.05, 3.63) is 0 Å². The van der Waals surface area contributed by atoms with Crippen LogP contribution in [0.5, 0.6) is 0 Å². The molecule has 1 saturated heterocycles. The van der Waals surface area contributed by atoms with Crippen molar-refractivity contribution < 1.29 is 9.47 Å². The van der Waals surface area contributed by atoms with Crippen molar-refractivity contribution in [1.29, 1.82) is 0 Å². The smallest absolute Gasteiger partial charge is 0.163 e. The lowest BCUT2D eigenvalue weighted by Crippen LogP contribution is -2.21. The second-order valence-corrected chi connectivity index (χ2v) is 2.86. The van der Waals surface area contributed by atoms with Crippen molar-refractivity contribution in [2.45, 2.75) is 39.1 Å². The summed E-state index contributed by atoms with van der Waals surface area (Å²) in [6.45, 7) is 6.75. The molecule has 0 saturated carbocycles. The van der Waals surface area contributed by atoms with Gasteiger partial charge in [0.15, 0.2) is 5.79 Å². The molecule has 0 amide bonds. The van der Waals surface area contributed by atoms with Crippen molar-refractivity contribution in [2.24, 2.45) is 0 Å². The molecule has 0 aromatic heterocycles. The molecule has 1 rings (SSSR count). The number of hydrogen-bond acceptors (Lipinski definition) is 2. The third kappa shape index (κ3) is 1.66. The Bertz CT molecular complexity index is 99.1. The van der Waals surface area contributed by atoms with Crippen LogP contribution in [-0.2, 0) is 9.47 Å². The summed E-state index contributed by atoms with van der Waals surface area (Å²) in [5.74, 6) is -0.333. The summed E-state index contributed by atoms with van der Waals surface area (Å²) in [6.07, 6.45) is 1.36. The van der Waals surface area contributed by atoms with Crippen LogP contribution >= 0.6 is 0 Å². The van der Waals surface area contributed by atoms with Gasteiger partial charge in [-0.3, -0.25) is 0 Å². The second-order valence-electron chi connectivity index (χ2n) is 2.86. The van der Waals surface area contributed by atoms with Crippen LogP contribution in [0.4, 0.5) is 0 Å². The highest BCUT2D eigenvalue weighted by Crippen LogP contribution is 2.23. The van der Waals surface area contributed by atoms with E-state index < -0.39 is 0 Å². The molecule has 1 atom stereocenters. The molecule has 0 radical (unpaired) electrons. The molecule has 0 bridgehead atoms. The molecule has 0 aromatic rings. The van der Waals surface area contributed by atoms with E-state index in [1.165, 1.54) is 0 Å². The molecular formula is C7H14O2. The quantitative estimate of drug-likeness (QED) is 0.536. The van der Waals surface area contributed by atoms with Crippen LogP contribution in [0.15, 0.2) is 0 Å². The van der Waals surface area contributed by atoms with Gasteiger partial charge in [0.25, 0.3) is 0 Å². The van der Waals surface area contributed by atoms with E-state index in [4.69, 9.17) is 9.47 Å². The standard InChI is InChI=1S/C7H14O2/c1-4-6-5-8-7(2,3)9-6/h6H,4-5H2,1-3H3/t6-/m1/s1. The SMILES string of the molecule is CC[C@@H]1COC(C)(C)O1. The summed E-state index contributed by atoms with van der Waals surface area (Å²) in [5, 5.41) is 0. The van der Waals surface area contributed by atoms with Crippen LogP contribution in [0.2, 0.25) is 0 Å². The largest absolute Gasteiger partial charge is 0.348 e. The lowest BCUT2D eigenvalue weighted by Gasteiger charge is -2.16. The molecule has 9 heavy (non-hydrogen) atoms. The van der Waals surface area contributed by atoms with Gasteiger partial charge in [0.1, 0.15) is 0 Å². The van der Waals surface area contributed by atoms with Gasteiger partial charge in [-0.05, 0) is 20.3 Å². The summed E-state index contributed by atoms with van der Waals surface area (Å²) in [7, 11) is 0. The Morgan fingerprint density at radius 3 is 2.44 bits per heavy atom. The fourth-order valence-corrected chi connectivity index (χ4v) is 0.964. The maximum absolute atomic E-state index is 5.48. The van der Waals surface area contributed by atoms with Gasteiger partial charge in [0.2, 0.25) is 0 Å². The van der Waals surface area contributed by atoms with Crippen molar-refractivity contribution in [1.82, 2.24) is 0 Å². The van der Waals surface area contributed by atoms with E-state index in [9.17, 15) is 0 Å². The van der Waals surface area contributed by atoms with E-state index >= 15 is 0 Å². The van der Waals surface area contributed by atoms with Crippen LogP contribution in [0, 0.1) is 0 Å². The van der Waals surface area contributed by atoms with Gasteiger partial charge < -0.3 is 9.47 Å². The van der Waals surface area contributed by atoms with Crippen LogP contribution < -0.4 is 0 Å². The van der Waals surface area contributed by atoms with E-state index in [0.717, 1.165) is 13.0 Å². The topological polar surface area (TPSA) is 18.5 Å². The molecule has 0 N–H and O–H groups in total. The predicted octanol–water partition coefficient (Wildman–Crippen LogP) is 1.55. The Hall–Kier alpha value is -0.0800. The highest BCUT2D eigenvalue weighted by atomic mass is 16.7. The molecule has 1 heterocycles. The van der Waals surface area contributed by atoms with Crippen molar-refractivity contribution in [3.8, 4) is 0 Å². The fourth-order valence-electron chi connectivity index (χ4n) is 0.964. The first-order valence-electron chi connectivity index (χ1n) is 3.46. The average molecular weight is 130 g/mol. The minimum absolute atomic E-state index is 0.319. The van der Waals surface area contributed by atoms with Gasteiger partial charge in [-0.1, -0.05) is 6.92 Å².